The van der Waals surface area contributed by atoms with Crippen molar-refractivity contribution in [1.29, 1.82) is 0 Å². The van der Waals surface area contributed by atoms with Crippen molar-refractivity contribution in [3.63, 3.8) is 0 Å². The van der Waals surface area contributed by atoms with Gasteiger partial charge in [0.25, 0.3) is 0 Å². The third kappa shape index (κ3) is 3.79. The molecule has 0 aliphatic carbocycles. The number of nitrogens with zero attached hydrogens (tertiary/aromatic N) is 2. The Bertz CT molecular complexity index is 916. The van der Waals surface area contributed by atoms with Crippen LogP contribution in [0.25, 0.3) is 16.9 Å². The van der Waals surface area contributed by atoms with E-state index in [0.29, 0.717) is 35.7 Å². The van der Waals surface area contributed by atoms with Gasteiger partial charge in [0.2, 0.25) is 5.91 Å². The van der Waals surface area contributed by atoms with Gasteiger partial charge in [-0.05, 0) is 30.7 Å². The summed E-state index contributed by atoms with van der Waals surface area (Å²) in [6.07, 6.45) is -1.78. The van der Waals surface area contributed by atoms with Gasteiger partial charge in [-0.1, -0.05) is 18.2 Å². The molecule has 5 nitrogen and oxygen atoms in total. The number of hydrogen-bond donors (Lipinski definition) is 2. The Morgan fingerprint density at radius 1 is 1.15 bits per heavy atom. The molecule has 0 fully saturated rings. The van der Waals surface area contributed by atoms with Crippen LogP contribution in [0.5, 0.6) is 0 Å². The molecule has 0 radical (unpaired) electrons. The average molecular weight is 362 g/mol. The first-order chi connectivity index (χ1) is 12.4. The quantitative estimate of drug-likeness (QED) is 0.657. The van der Waals surface area contributed by atoms with Crippen LogP contribution in [0.15, 0.2) is 48.7 Å². The van der Waals surface area contributed by atoms with Crippen LogP contribution in [0.2, 0.25) is 0 Å². The molecule has 26 heavy (non-hydrogen) atoms. The van der Waals surface area contributed by atoms with E-state index in [1.807, 2.05) is 28.8 Å². The van der Waals surface area contributed by atoms with E-state index in [4.69, 9.17) is 5.73 Å². The number of aromatic nitrogens is 2. The standard InChI is InChI=1S/C18H17F3N4O/c19-18(20,21)13-8-6-12(7-9-13)16-17(23-10-3-4-14(22)26)25-11-2-1-5-15(25)24-16/h1-2,5-9,11,23H,3-4,10H2,(H2,22,26). The first-order valence-corrected chi connectivity index (χ1v) is 8.03. The fourth-order valence-electron chi connectivity index (χ4n) is 2.65. The highest BCUT2D eigenvalue weighted by atomic mass is 19.4. The van der Waals surface area contributed by atoms with Crippen LogP contribution in [-0.2, 0) is 11.0 Å². The largest absolute Gasteiger partial charge is 0.416 e. The Balaban J connectivity index is 1.94. The number of nitrogens with one attached hydrogen (secondary N) is 1. The van der Waals surface area contributed by atoms with Crippen LogP contribution >= 0.6 is 0 Å². The third-order valence-electron chi connectivity index (χ3n) is 3.91. The second-order valence-electron chi connectivity index (χ2n) is 5.81. The molecule has 0 aliphatic rings. The minimum absolute atomic E-state index is 0.249. The highest BCUT2D eigenvalue weighted by Crippen LogP contribution is 2.33. The van der Waals surface area contributed by atoms with Crippen LogP contribution in [-0.4, -0.2) is 21.8 Å². The highest BCUT2D eigenvalue weighted by Gasteiger charge is 2.30. The predicted molar refractivity (Wildman–Crippen MR) is 92.5 cm³/mol. The summed E-state index contributed by atoms with van der Waals surface area (Å²) in [5, 5.41) is 3.21. The van der Waals surface area contributed by atoms with Crippen molar-refractivity contribution in [3.05, 3.63) is 54.2 Å². The lowest BCUT2D eigenvalue weighted by Crippen LogP contribution is -2.13. The molecular formula is C18H17F3N4O. The van der Waals surface area contributed by atoms with Crippen molar-refractivity contribution in [2.24, 2.45) is 5.73 Å². The summed E-state index contributed by atoms with van der Waals surface area (Å²) in [5.41, 5.74) is 6.21. The number of imidazole rings is 1. The maximum Gasteiger partial charge on any atom is 0.416 e. The van der Waals surface area contributed by atoms with Gasteiger partial charge in [0.05, 0.1) is 5.56 Å². The molecule has 136 valence electrons. The molecule has 0 atom stereocenters. The van der Waals surface area contributed by atoms with Gasteiger partial charge in [-0.25, -0.2) is 4.98 Å². The monoisotopic (exact) mass is 362 g/mol. The van der Waals surface area contributed by atoms with E-state index in [2.05, 4.69) is 10.3 Å². The Hall–Kier alpha value is -3.03. The zero-order valence-corrected chi connectivity index (χ0v) is 13.8. The highest BCUT2D eigenvalue weighted by molar-refractivity contribution is 5.77. The van der Waals surface area contributed by atoms with Gasteiger partial charge in [0.1, 0.15) is 17.2 Å². The summed E-state index contributed by atoms with van der Waals surface area (Å²) in [7, 11) is 0. The van der Waals surface area contributed by atoms with E-state index < -0.39 is 11.7 Å². The van der Waals surface area contributed by atoms with E-state index in [1.165, 1.54) is 12.1 Å². The smallest absolute Gasteiger partial charge is 0.370 e. The van der Waals surface area contributed by atoms with Gasteiger partial charge in [-0.15, -0.1) is 0 Å². The van der Waals surface area contributed by atoms with E-state index in [-0.39, 0.29) is 12.3 Å². The van der Waals surface area contributed by atoms with Crippen molar-refractivity contribution in [3.8, 4) is 11.3 Å². The molecule has 0 bridgehead atoms. The molecule has 2 aromatic heterocycles. The molecule has 3 rings (SSSR count). The van der Waals surface area contributed by atoms with Gasteiger partial charge < -0.3 is 11.1 Å². The molecule has 2 heterocycles. The topological polar surface area (TPSA) is 72.4 Å². The summed E-state index contributed by atoms with van der Waals surface area (Å²) in [4.78, 5) is 15.4. The van der Waals surface area contributed by atoms with Gasteiger partial charge in [-0.3, -0.25) is 9.20 Å². The van der Waals surface area contributed by atoms with Crippen LogP contribution < -0.4 is 11.1 Å². The second kappa shape index (κ2) is 7.07. The Kier molecular flexibility index (Phi) is 4.83. The van der Waals surface area contributed by atoms with E-state index in [0.717, 1.165) is 12.1 Å². The molecular weight excluding hydrogens is 345 g/mol. The number of benzene rings is 1. The van der Waals surface area contributed by atoms with Gasteiger partial charge in [0.15, 0.2) is 0 Å². The molecule has 3 N–H and O–H groups in total. The van der Waals surface area contributed by atoms with Crippen LogP contribution in [0.3, 0.4) is 0 Å². The number of hydrogen-bond acceptors (Lipinski definition) is 3. The van der Waals surface area contributed by atoms with Crippen LogP contribution in [0.1, 0.15) is 18.4 Å². The molecule has 0 aliphatic heterocycles. The maximum atomic E-state index is 12.8. The molecule has 0 spiro atoms. The van der Waals surface area contributed by atoms with E-state index in [9.17, 15) is 18.0 Å². The molecule has 3 aromatic rings. The van der Waals surface area contributed by atoms with Crippen molar-refractivity contribution in [2.75, 3.05) is 11.9 Å². The lowest BCUT2D eigenvalue weighted by atomic mass is 10.1. The molecule has 0 saturated carbocycles. The fraction of sp³-hybridized carbons (Fsp3) is 0.222. The minimum atomic E-state index is -4.38. The summed E-state index contributed by atoms with van der Waals surface area (Å²) in [6, 6.07) is 10.3. The normalized spacial score (nSPS) is 11.7. The number of pyridine rings is 1. The van der Waals surface area contributed by atoms with E-state index in [1.54, 1.807) is 0 Å². The van der Waals surface area contributed by atoms with Gasteiger partial charge in [-0.2, -0.15) is 13.2 Å². The first-order valence-electron chi connectivity index (χ1n) is 8.03. The van der Waals surface area contributed by atoms with Crippen LogP contribution in [0, 0.1) is 0 Å². The number of fused-ring (bicyclic) bond motifs is 1. The minimum Gasteiger partial charge on any atom is -0.370 e. The summed E-state index contributed by atoms with van der Waals surface area (Å²) in [5.74, 6) is 0.276. The Morgan fingerprint density at radius 2 is 1.88 bits per heavy atom. The molecule has 0 unspecified atom stereocenters. The van der Waals surface area contributed by atoms with Crippen molar-refractivity contribution < 1.29 is 18.0 Å². The SMILES string of the molecule is NC(=O)CCCNc1c(-c2ccc(C(F)(F)F)cc2)nc2ccccn12. The molecule has 1 aromatic carbocycles. The molecule has 8 heteroatoms. The van der Waals surface area contributed by atoms with Gasteiger partial charge in [0, 0.05) is 24.7 Å². The number of rotatable bonds is 6. The number of alkyl halides is 3. The van der Waals surface area contributed by atoms with Crippen molar-refractivity contribution in [1.82, 2.24) is 9.38 Å². The Morgan fingerprint density at radius 3 is 2.54 bits per heavy atom. The summed E-state index contributed by atoms with van der Waals surface area (Å²) >= 11 is 0. The van der Waals surface area contributed by atoms with Gasteiger partial charge >= 0.3 is 6.18 Å². The predicted octanol–water partition coefficient (Wildman–Crippen LogP) is 3.70. The van der Waals surface area contributed by atoms with Crippen molar-refractivity contribution >= 4 is 17.4 Å². The van der Waals surface area contributed by atoms with E-state index >= 15 is 0 Å². The molecule has 1 amide bonds. The lowest BCUT2D eigenvalue weighted by Gasteiger charge is -2.10. The summed E-state index contributed by atoms with van der Waals surface area (Å²) < 4.78 is 40.1. The number of nitrogens with two attached hydrogens (primary N) is 1. The van der Waals surface area contributed by atoms with Crippen LogP contribution in [0.4, 0.5) is 19.0 Å². The number of amides is 1. The Labute approximate surface area is 147 Å². The number of primary amides is 1. The number of anilines is 1. The summed E-state index contributed by atoms with van der Waals surface area (Å²) in [6.45, 7) is 0.485. The zero-order chi connectivity index (χ0) is 18.7. The first kappa shape index (κ1) is 17.8. The number of halogens is 3. The number of carbonyl (C=O) groups is 1. The maximum absolute atomic E-state index is 12.8. The average Bonchev–Trinajstić information content (AvgIpc) is 2.96. The lowest BCUT2D eigenvalue weighted by molar-refractivity contribution is -0.137. The fourth-order valence-corrected chi connectivity index (χ4v) is 2.65. The van der Waals surface area contributed by atoms with Crippen molar-refractivity contribution in [2.45, 2.75) is 19.0 Å². The number of carbonyl (C=O) groups excluding carboxylic acids is 1. The third-order valence-corrected chi connectivity index (χ3v) is 3.91. The zero-order valence-electron chi connectivity index (χ0n) is 13.8. The molecule has 0 saturated heterocycles. The second-order valence-corrected chi connectivity index (χ2v) is 5.81.